The molecule has 1 atom stereocenters. The van der Waals surface area contributed by atoms with Crippen LogP contribution in [0.15, 0.2) is 176 Å². The monoisotopic (exact) mass is 588 g/mol. The van der Waals surface area contributed by atoms with Crippen molar-refractivity contribution in [3.8, 4) is 33.8 Å². The summed E-state index contributed by atoms with van der Waals surface area (Å²) < 4.78 is 6.79. The number of hydrogen-bond donors (Lipinski definition) is 0. The Morgan fingerprint density at radius 1 is 0.391 bits per heavy atom. The van der Waals surface area contributed by atoms with Crippen molar-refractivity contribution in [1.82, 2.24) is 0 Å². The van der Waals surface area contributed by atoms with E-state index in [0.29, 0.717) is 0 Å². The molecule has 218 valence electrons. The molecule has 1 nitrogen and oxygen atoms in total. The van der Waals surface area contributed by atoms with E-state index in [1.807, 2.05) is 0 Å². The van der Waals surface area contributed by atoms with E-state index in [9.17, 15) is 0 Å². The summed E-state index contributed by atoms with van der Waals surface area (Å²) in [7, 11) is 0. The Kier molecular flexibility index (Phi) is 5.92. The van der Waals surface area contributed by atoms with E-state index in [4.69, 9.17) is 4.74 Å². The van der Waals surface area contributed by atoms with Gasteiger partial charge in [0.2, 0.25) is 0 Å². The largest absolute Gasteiger partial charge is 0.457 e. The quantitative estimate of drug-likeness (QED) is 0.199. The lowest BCUT2D eigenvalue weighted by Crippen LogP contribution is -2.34. The normalized spacial score (nSPS) is 16.8. The summed E-state index contributed by atoms with van der Waals surface area (Å²) in [6.45, 7) is 2.38. The van der Waals surface area contributed by atoms with Gasteiger partial charge in [0.15, 0.2) is 0 Å². The highest BCUT2D eigenvalue weighted by molar-refractivity contribution is 5.88. The Hall–Kier alpha value is -5.66. The van der Waals surface area contributed by atoms with Crippen LogP contribution in [0.4, 0.5) is 0 Å². The molecule has 7 aromatic rings. The van der Waals surface area contributed by atoms with Crippen LogP contribution in [-0.2, 0) is 10.8 Å². The third-order valence-corrected chi connectivity index (χ3v) is 10.3. The van der Waals surface area contributed by atoms with E-state index >= 15 is 0 Å². The summed E-state index contributed by atoms with van der Waals surface area (Å²) in [6, 6.07) is 63.9. The predicted octanol–water partition coefficient (Wildman–Crippen LogP) is 11.2. The van der Waals surface area contributed by atoms with Gasteiger partial charge in [-0.25, -0.2) is 0 Å². The molecule has 0 bridgehead atoms. The van der Waals surface area contributed by atoms with E-state index in [1.54, 1.807) is 0 Å². The zero-order chi connectivity index (χ0) is 30.7. The lowest BCUT2D eigenvalue weighted by Gasteiger charge is -2.42. The maximum Gasteiger partial charge on any atom is 0.132 e. The van der Waals surface area contributed by atoms with Crippen molar-refractivity contribution in [2.24, 2.45) is 0 Å². The van der Waals surface area contributed by atoms with Crippen LogP contribution in [0.3, 0.4) is 0 Å². The molecular weight excluding hydrogens is 556 g/mol. The second kappa shape index (κ2) is 10.2. The Balaban J connectivity index is 1.36. The number of ether oxygens (including phenoxy) is 1. The average molecular weight is 589 g/mol. The Morgan fingerprint density at radius 2 is 0.913 bits per heavy atom. The Labute approximate surface area is 270 Å². The van der Waals surface area contributed by atoms with Crippen LogP contribution in [0.1, 0.15) is 45.9 Å². The zero-order valence-corrected chi connectivity index (χ0v) is 25.7. The van der Waals surface area contributed by atoms with Crippen LogP contribution < -0.4 is 4.74 Å². The standard InChI is InChI=1S/C45H32O/c1-44(32-16-5-2-6-17-32)38-24-12-11-22-36(38)37-29-28-31(30-40(37)44)35-23-15-27-42-43(35)45(33-18-7-3-8-19-33,34-20-9-4-10-21-34)39-25-13-14-26-41(39)46-42/h2-30H,1H3. The van der Waals surface area contributed by atoms with Crippen molar-refractivity contribution in [2.45, 2.75) is 17.8 Å². The van der Waals surface area contributed by atoms with E-state index in [2.05, 4.69) is 183 Å². The fourth-order valence-corrected chi connectivity index (χ4v) is 8.25. The second-order valence-corrected chi connectivity index (χ2v) is 12.6. The molecule has 1 heteroatoms. The third-order valence-electron chi connectivity index (χ3n) is 10.3. The summed E-state index contributed by atoms with van der Waals surface area (Å²) in [4.78, 5) is 0. The molecule has 2 aliphatic rings. The van der Waals surface area contributed by atoms with Crippen LogP contribution in [-0.4, -0.2) is 0 Å². The molecule has 9 rings (SSSR count). The minimum Gasteiger partial charge on any atom is -0.457 e. The molecule has 1 aliphatic heterocycles. The number of hydrogen-bond acceptors (Lipinski definition) is 1. The maximum absolute atomic E-state index is 6.79. The topological polar surface area (TPSA) is 9.23 Å². The third kappa shape index (κ3) is 3.63. The molecule has 0 N–H and O–H groups in total. The first-order valence-corrected chi connectivity index (χ1v) is 16.0. The molecule has 0 amide bonds. The lowest BCUT2D eigenvalue weighted by atomic mass is 9.62. The smallest absolute Gasteiger partial charge is 0.132 e. The average Bonchev–Trinajstić information content (AvgIpc) is 3.39. The van der Waals surface area contributed by atoms with E-state index < -0.39 is 5.41 Å². The molecule has 0 saturated carbocycles. The van der Waals surface area contributed by atoms with Gasteiger partial charge in [-0.15, -0.1) is 0 Å². The second-order valence-electron chi connectivity index (χ2n) is 12.6. The SMILES string of the molecule is CC1(c2ccccc2)c2ccccc2-c2ccc(-c3cccc4c3C(c3ccccc3)(c3ccccc3)c3ccccc3O4)cc21. The van der Waals surface area contributed by atoms with Gasteiger partial charge in [-0.2, -0.15) is 0 Å². The fourth-order valence-electron chi connectivity index (χ4n) is 8.25. The Bertz CT molecular complexity index is 2190. The minimum absolute atomic E-state index is 0.281. The first-order valence-electron chi connectivity index (χ1n) is 16.0. The summed E-state index contributed by atoms with van der Waals surface area (Å²) in [5.74, 6) is 1.78. The molecule has 1 unspecified atom stereocenters. The molecule has 0 fully saturated rings. The summed E-state index contributed by atoms with van der Waals surface area (Å²) in [6.07, 6.45) is 0. The highest BCUT2D eigenvalue weighted by atomic mass is 16.5. The van der Waals surface area contributed by atoms with E-state index in [-0.39, 0.29) is 5.41 Å². The van der Waals surface area contributed by atoms with Gasteiger partial charge in [0.25, 0.3) is 0 Å². The highest BCUT2D eigenvalue weighted by Crippen LogP contribution is 2.59. The van der Waals surface area contributed by atoms with Crippen molar-refractivity contribution < 1.29 is 4.74 Å². The zero-order valence-electron chi connectivity index (χ0n) is 25.7. The van der Waals surface area contributed by atoms with Gasteiger partial charge in [0.1, 0.15) is 11.5 Å². The molecule has 0 saturated heterocycles. The number of fused-ring (bicyclic) bond motifs is 5. The summed E-state index contributed by atoms with van der Waals surface area (Å²) in [5, 5.41) is 0. The predicted molar refractivity (Wildman–Crippen MR) is 188 cm³/mol. The minimum atomic E-state index is -0.589. The molecule has 1 aliphatic carbocycles. The van der Waals surface area contributed by atoms with Crippen LogP contribution in [0.5, 0.6) is 11.5 Å². The molecule has 0 radical (unpaired) electrons. The van der Waals surface area contributed by atoms with E-state index in [0.717, 1.165) is 17.1 Å². The summed E-state index contributed by atoms with van der Waals surface area (Å²) in [5.41, 5.74) is 12.8. The van der Waals surface area contributed by atoms with Crippen molar-refractivity contribution in [3.63, 3.8) is 0 Å². The van der Waals surface area contributed by atoms with Gasteiger partial charge in [0, 0.05) is 16.5 Å². The highest BCUT2D eigenvalue weighted by Gasteiger charge is 2.47. The van der Waals surface area contributed by atoms with Crippen LogP contribution >= 0.6 is 0 Å². The van der Waals surface area contributed by atoms with Crippen LogP contribution in [0.25, 0.3) is 22.3 Å². The molecule has 0 spiro atoms. The molecular formula is C45H32O. The van der Waals surface area contributed by atoms with Crippen molar-refractivity contribution >= 4 is 0 Å². The molecule has 0 aromatic heterocycles. The maximum atomic E-state index is 6.79. The van der Waals surface area contributed by atoms with E-state index in [1.165, 1.54) is 55.6 Å². The number of benzene rings is 7. The van der Waals surface area contributed by atoms with Crippen molar-refractivity contribution in [3.05, 3.63) is 215 Å². The first-order chi connectivity index (χ1) is 22.7. The molecule has 46 heavy (non-hydrogen) atoms. The summed E-state index contributed by atoms with van der Waals surface area (Å²) >= 11 is 0. The first kappa shape index (κ1) is 26.7. The van der Waals surface area contributed by atoms with Crippen LogP contribution in [0, 0.1) is 0 Å². The van der Waals surface area contributed by atoms with Gasteiger partial charge in [-0.1, -0.05) is 158 Å². The van der Waals surface area contributed by atoms with Gasteiger partial charge in [-0.3, -0.25) is 0 Å². The van der Waals surface area contributed by atoms with Crippen LogP contribution in [0.2, 0.25) is 0 Å². The van der Waals surface area contributed by atoms with Crippen molar-refractivity contribution in [2.75, 3.05) is 0 Å². The number of para-hydroxylation sites is 1. The molecule has 1 heterocycles. The Morgan fingerprint density at radius 3 is 1.61 bits per heavy atom. The van der Waals surface area contributed by atoms with Gasteiger partial charge in [-0.05, 0) is 75.2 Å². The lowest BCUT2D eigenvalue weighted by molar-refractivity contribution is 0.435. The van der Waals surface area contributed by atoms with Gasteiger partial charge >= 0.3 is 0 Å². The molecule has 7 aromatic carbocycles. The van der Waals surface area contributed by atoms with Gasteiger partial charge < -0.3 is 4.74 Å². The fraction of sp³-hybridized carbons (Fsp3) is 0.0667. The van der Waals surface area contributed by atoms with Gasteiger partial charge in [0.05, 0.1) is 5.41 Å². The van der Waals surface area contributed by atoms with Crippen molar-refractivity contribution in [1.29, 1.82) is 0 Å². The number of rotatable bonds is 4.